The lowest BCUT2D eigenvalue weighted by Crippen LogP contribution is -2.46. The van der Waals surface area contributed by atoms with E-state index >= 15 is 0 Å². The third-order valence-electron chi connectivity index (χ3n) is 3.16. The summed E-state index contributed by atoms with van der Waals surface area (Å²) in [6.45, 7) is 8.18. The highest BCUT2D eigenvalue weighted by atomic mass is 35.5. The number of aliphatic carboxylic acids is 1. The fourth-order valence-electron chi connectivity index (χ4n) is 2.31. The second-order valence-corrected chi connectivity index (χ2v) is 6.11. The summed E-state index contributed by atoms with van der Waals surface area (Å²) in [5, 5.41) is 9.81. The molecule has 1 atom stereocenters. The molecule has 1 aromatic rings. The van der Waals surface area contributed by atoms with Crippen LogP contribution in [-0.2, 0) is 4.79 Å². The molecule has 0 spiro atoms. The Balaban J connectivity index is 3.12. The maximum atomic E-state index is 11.1. The zero-order chi connectivity index (χ0) is 14.6. The standard InChI is InChI=1S/C15H22ClNO2/c1-5-13(11-7-6-8-12(16)9-11)17(10-14(18)19)15(2,3)4/h6-9,13H,5,10H2,1-4H3,(H,18,19). The maximum absolute atomic E-state index is 11.1. The quantitative estimate of drug-likeness (QED) is 0.889. The molecule has 19 heavy (non-hydrogen) atoms. The molecule has 0 saturated carbocycles. The molecular weight excluding hydrogens is 262 g/mol. The zero-order valence-electron chi connectivity index (χ0n) is 12.0. The predicted molar refractivity (Wildman–Crippen MR) is 78.6 cm³/mol. The third-order valence-corrected chi connectivity index (χ3v) is 3.40. The molecule has 1 unspecified atom stereocenters. The minimum atomic E-state index is -0.810. The number of hydrogen-bond donors (Lipinski definition) is 1. The Morgan fingerprint density at radius 1 is 1.42 bits per heavy atom. The minimum Gasteiger partial charge on any atom is -0.480 e. The van der Waals surface area contributed by atoms with Gasteiger partial charge in [0.1, 0.15) is 0 Å². The Morgan fingerprint density at radius 2 is 2.05 bits per heavy atom. The van der Waals surface area contributed by atoms with Gasteiger partial charge >= 0.3 is 5.97 Å². The van der Waals surface area contributed by atoms with E-state index in [1.54, 1.807) is 0 Å². The smallest absolute Gasteiger partial charge is 0.317 e. The van der Waals surface area contributed by atoms with Crippen LogP contribution in [0.2, 0.25) is 5.02 Å². The second-order valence-electron chi connectivity index (χ2n) is 5.67. The summed E-state index contributed by atoms with van der Waals surface area (Å²) in [7, 11) is 0. The van der Waals surface area contributed by atoms with E-state index in [2.05, 4.69) is 6.92 Å². The number of carboxylic acids is 1. The lowest BCUT2D eigenvalue weighted by molar-refractivity contribution is -0.140. The van der Waals surface area contributed by atoms with Gasteiger partial charge in [0.25, 0.3) is 0 Å². The van der Waals surface area contributed by atoms with Gasteiger partial charge in [-0.15, -0.1) is 0 Å². The number of carbonyl (C=O) groups is 1. The average molecular weight is 284 g/mol. The molecule has 0 aliphatic heterocycles. The van der Waals surface area contributed by atoms with E-state index in [0.29, 0.717) is 5.02 Å². The van der Waals surface area contributed by atoms with Crippen LogP contribution in [0, 0.1) is 0 Å². The van der Waals surface area contributed by atoms with Crippen LogP contribution in [0.25, 0.3) is 0 Å². The van der Waals surface area contributed by atoms with Gasteiger partial charge in [-0.05, 0) is 44.9 Å². The van der Waals surface area contributed by atoms with E-state index in [1.807, 2.05) is 49.9 Å². The number of carboxylic acid groups (broad SMARTS) is 1. The van der Waals surface area contributed by atoms with Gasteiger partial charge in [-0.3, -0.25) is 9.69 Å². The van der Waals surface area contributed by atoms with E-state index in [0.717, 1.165) is 12.0 Å². The van der Waals surface area contributed by atoms with Crippen molar-refractivity contribution in [2.75, 3.05) is 6.54 Å². The van der Waals surface area contributed by atoms with Crippen LogP contribution in [0.5, 0.6) is 0 Å². The van der Waals surface area contributed by atoms with Crippen molar-refractivity contribution in [2.45, 2.75) is 45.7 Å². The van der Waals surface area contributed by atoms with Gasteiger partial charge in [-0.2, -0.15) is 0 Å². The molecule has 0 amide bonds. The van der Waals surface area contributed by atoms with Crippen LogP contribution >= 0.6 is 11.6 Å². The maximum Gasteiger partial charge on any atom is 0.317 e. The van der Waals surface area contributed by atoms with E-state index in [9.17, 15) is 4.79 Å². The summed E-state index contributed by atoms with van der Waals surface area (Å²) >= 11 is 6.04. The van der Waals surface area contributed by atoms with Crippen LogP contribution in [0.4, 0.5) is 0 Å². The third kappa shape index (κ3) is 4.51. The van der Waals surface area contributed by atoms with Crippen molar-refractivity contribution in [3.05, 3.63) is 34.9 Å². The van der Waals surface area contributed by atoms with Crippen molar-refractivity contribution in [3.63, 3.8) is 0 Å². The Kier molecular flexibility index (Phi) is 5.39. The fourth-order valence-corrected chi connectivity index (χ4v) is 2.51. The molecule has 0 bridgehead atoms. The zero-order valence-corrected chi connectivity index (χ0v) is 12.7. The number of hydrogen-bond acceptors (Lipinski definition) is 2. The first kappa shape index (κ1) is 16.0. The molecule has 0 saturated heterocycles. The van der Waals surface area contributed by atoms with Crippen molar-refractivity contribution in [2.24, 2.45) is 0 Å². The Hall–Kier alpha value is -1.06. The van der Waals surface area contributed by atoms with Crippen LogP contribution in [0.3, 0.4) is 0 Å². The van der Waals surface area contributed by atoms with Gasteiger partial charge in [0.05, 0.1) is 6.54 Å². The highest BCUT2D eigenvalue weighted by Gasteiger charge is 2.30. The van der Waals surface area contributed by atoms with Gasteiger partial charge < -0.3 is 5.11 Å². The molecule has 3 nitrogen and oxygen atoms in total. The first-order valence-electron chi connectivity index (χ1n) is 6.49. The number of halogens is 1. The first-order valence-corrected chi connectivity index (χ1v) is 6.87. The summed E-state index contributed by atoms with van der Waals surface area (Å²) in [6.07, 6.45) is 0.838. The van der Waals surface area contributed by atoms with Crippen LogP contribution in [-0.4, -0.2) is 28.1 Å². The number of nitrogens with zero attached hydrogens (tertiary/aromatic N) is 1. The van der Waals surface area contributed by atoms with Crippen molar-refractivity contribution in [1.82, 2.24) is 4.90 Å². The summed E-state index contributed by atoms with van der Waals surface area (Å²) < 4.78 is 0. The molecule has 0 radical (unpaired) electrons. The summed E-state index contributed by atoms with van der Waals surface area (Å²) in [5.41, 5.74) is 0.840. The van der Waals surface area contributed by atoms with E-state index in [-0.39, 0.29) is 18.1 Å². The number of rotatable bonds is 5. The Morgan fingerprint density at radius 3 is 2.47 bits per heavy atom. The Bertz CT molecular complexity index is 440. The van der Waals surface area contributed by atoms with E-state index in [1.165, 1.54) is 0 Å². The monoisotopic (exact) mass is 283 g/mol. The van der Waals surface area contributed by atoms with Gasteiger partial charge in [0, 0.05) is 16.6 Å². The van der Waals surface area contributed by atoms with Crippen LogP contribution < -0.4 is 0 Å². The average Bonchev–Trinajstić information content (AvgIpc) is 2.27. The molecule has 0 aliphatic rings. The van der Waals surface area contributed by atoms with E-state index < -0.39 is 5.97 Å². The molecule has 1 rings (SSSR count). The summed E-state index contributed by atoms with van der Waals surface area (Å²) in [6, 6.07) is 7.70. The first-order chi connectivity index (χ1) is 8.75. The lowest BCUT2D eigenvalue weighted by atomic mass is 9.96. The molecular formula is C15H22ClNO2. The van der Waals surface area contributed by atoms with Gasteiger partial charge in [-0.1, -0.05) is 30.7 Å². The SMILES string of the molecule is CCC(c1cccc(Cl)c1)N(CC(=O)O)C(C)(C)C. The molecule has 106 valence electrons. The van der Waals surface area contributed by atoms with Gasteiger partial charge in [0.2, 0.25) is 0 Å². The molecule has 0 fully saturated rings. The summed E-state index contributed by atoms with van der Waals surface area (Å²) in [5.74, 6) is -0.810. The molecule has 0 aliphatic carbocycles. The van der Waals surface area contributed by atoms with Crippen molar-refractivity contribution in [1.29, 1.82) is 0 Å². The van der Waals surface area contributed by atoms with Crippen LogP contribution in [0.15, 0.2) is 24.3 Å². The topological polar surface area (TPSA) is 40.5 Å². The van der Waals surface area contributed by atoms with E-state index in [4.69, 9.17) is 16.7 Å². The highest BCUT2D eigenvalue weighted by molar-refractivity contribution is 6.30. The highest BCUT2D eigenvalue weighted by Crippen LogP contribution is 2.31. The van der Waals surface area contributed by atoms with Gasteiger partial charge in [0.15, 0.2) is 0 Å². The summed E-state index contributed by atoms with van der Waals surface area (Å²) in [4.78, 5) is 13.1. The molecule has 0 aromatic heterocycles. The molecule has 4 heteroatoms. The van der Waals surface area contributed by atoms with Gasteiger partial charge in [-0.25, -0.2) is 0 Å². The van der Waals surface area contributed by atoms with Crippen LogP contribution in [0.1, 0.15) is 45.7 Å². The molecule has 1 aromatic carbocycles. The van der Waals surface area contributed by atoms with Crippen molar-refractivity contribution < 1.29 is 9.90 Å². The minimum absolute atomic E-state index is 0.0223. The molecule has 1 N–H and O–H groups in total. The second kappa shape index (κ2) is 6.40. The van der Waals surface area contributed by atoms with Crippen molar-refractivity contribution >= 4 is 17.6 Å². The fraction of sp³-hybridized carbons (Fsp3) is 0.533. The lowest BCUT2D eigenvalue weighted by Gasteiger charge is -2.40. The molecule has 0 heterocycles. The normalized spacial score (nSPS) is 13.6. The Labute approximate surface area is 120 Å². The van der Waals surface area contributed by atoms with Crippen molar-refractivity contribution in [3.8, 4) is 0 Å². The predicted octanol–water partition coefficient (Wildman–Crippen LogP) is 3.98. The number of benzene rings is 1. The largest absolute Gasteiger partial charge is 0.480 e.